The van der Waals surface area contributed by atoms with Crippen molar-refractivity contribution in [3.8, 4) is 16.9 Å². The number of benzene rings is 2. The Morgan fingerprint density at radius 1 is 1.06 bits per heavy atom. The molecule has 12 heteroatoms. The van der Waals surface area contributed by atoms with Gasteiger partial charge in [-0.1, -0.05) is 29.3 Å². The molecule has 0 aliphatic heterocycles. The molecule has 0 atom stereocenters. The predicted molar refractivity (Wildman–Crippen MR) is 109 cm³/mol. The Balaban J connectivity index is 2.09. The third-order valence-corrected chi connectivity index (χ3v) is 4.99. The van der Waals surface area contributed by atoms with Gasteiger partial charge in [-0.25, -0.2) is 19.1 Å². The van der Waals surface area contributed by atoms with E-state index < -0.39 is 57.2 Å². The zero-order chi connectivity index (χ0) is 23.8. The second kappa shape index (κ2) is 8.64. The molecule has 6 nitrogen and oxygen atoms in total. The summed E-state index contributed by atoms with van der Waals surface area (Å²) in [6.45, 7) is 0. The number of phenols is 1. The molecule has 0 unspecified atom stereocenters. The molecule has 1 aromatic heterocycles. The number of hydrogen-bond donors (Lipinski definition) is 2. The zero-order valence-electron chi connectivity index (χ0n) is 15.6. The van der Waals surface area contributed by atoms with E-state index in [4.69, 9.17) is 28.9 Å². The van der Waals surface area contributed by atoms with Gasteiger partial charge in [0.15, 0.2) is 0 Å². The van der Waals surface area contributed by atoms with Gasteiger partial charge in [0.05, 0.1) is 21.2 Å². The highest BCUT2D eigenvalue weighted by Crippen LogP contribution is 2.44. The van der Waals surface area contributed by atoms with Crippen LogP contribution in [0.15, 0.2) is 48.7 Å². The normalized spacial score (nSPS) is 11.3. The van der Waals surface area contributed by atoms with Crippen LogP contribution in [0.2, 0.25) is 10.0 Å². The number of pyridine rings is 1. The number of urea groups is 1. The Bertz CT molecular complexity index is 1200. The van der Waals surface area contributed by atoms with Crippen LogP contribution < -0.4 is 10.6 Å². The van der Waals surface area contributed by atoms with E-state index >= 15 is 0 Å². The first kappa shape index (κ1) is 23.3. The van der Waals surface area contributed by atoms with Gasteiger partial charge in [0.25, 0.3) is 5.91 Å². The molecule has 0 saturated carbocycles. The van der Waals surface area contributed by atoms with Gasteiger partial charge < -0.3 is 10.8 Å². The maximum absolute atomic E-state index is 14.1. The van der Waals surface area contributed by atoms with Crippen LogP contribution in [0.25, 0.3) is 11.1 Å². The van der Waals surface area contributed by atoms with Crippen LogP contribution in [0.5, 0.6) is 5.75 Å². The monoisotopic (exact) mass is 487 g/mol. The van der Waals surface area contributed by atoms with Crippen molar-refractivity contribution >= 4 is 41.0 Å². The molecule has 1 heterocycles. The summed E-state index contributed by atoms with van der Waals surface area (Å²) in [5.74, 6) is -3.25. The Kier molecular flexibility index (Phi) is 6.29. The fourth-order valence-corrected chi connectivity index (χ4v) is 3.40. The van der Waals surface area contributed by atoms with E-state index in [1.807, 2.05) is 0 Å². The van der Waals surface area contributed by atoms with Gasteiger partial charge in [0.1, 0.15) is 17.4 Å². The van der Waals surface area contributed by atoms with Gasteiger partial charge in [0.2, 0.25) is 0 Å². The Labute approximate surface area is 187 Å². The number of alkyl halides is 3. The van der Waals surface area contributed by atoms with E-state index in [1.54, 1.807) is 0 Å². The van der Waals surface area contributed by atoms with Crippen molar-refractivity contribution in [2.45, 2.75) is 6.18 Å². The highest BCUT2D eigenvalue weighted by Gasteiger charge is 2.36. The Morgan fingerprint density at radius 2 is 1.75 bits per heavy atom. The van der Waals surface area contributed by atoms with Crippen LogP contribution >= 0.6 is 23.2 Å². The topological polar surface area (TPSA) is 96.5 Å². The van der Waals surface area contributed by atoms with Crippen LogP contribution in [0.1, 0.15) is 15.9 Å². The van der Waals surface area contributed by atoms with Crippen molar-refractivity contribution in [2.75, 3.05) is 4.90 Å². The maximum Gasteiger partial charge on any atom is 0.417 e. The predicted octanol–water partition coefficient (Wildman–Crippen LogP) is 5.64. The van der Waals surface area contributed by atoms with Crippen molar-refractivity contribution in [2.24, 2.45) is 5.73 Å². The molecule has 0 saturated heterocycles. The molecule has 0 bridgehead atoms. The summed E-state index contributed by atoms with van der Waals surface area (Å²) >= 11 is 11.7. The number of carbonyl (C=O) groups is 2. The molecule has 0 fully saturated rings. The molecule has 3 N–H and O–H groups in total. The van der Waals surface area contributed by atoms with E-state index in [2.05, 4.69) is 4.98 Å². The molecular weight excluding hydrogens is 477 g/mol. The van der Waals surface area contributed by atoms with Crippen LogP contribution in [0.3, 0.4) is 0 Å². The third kappa shape index (κ3) is 4.32. The molecule has 32 heavy (non-hydrogen) atoms. The van der Waals surface area contributed by atoms with E-state index in [0.29, 0.717) is 11.0 Å². The number of rotatable bonds is 3. The number of carbonyl (C=O) groups excluding carboxylic acids is 2. The first-order valence-corrected chi connectivity index (χ1v) is 9.32. The van der Waals surface area contributed by atoms with Crippen LogP contribution in [-0.2, 0) is 6.18 Å². The Morgan fingerprint density at radius 3 is 2.28 bits per heavy atom. The van der Waals surface area contributed by atoms with E-state index in [1.165, 1.54) is 12.1 Å². The smallest absolute Gasteiger partial charge is 0.417 e. The second-order valence-electron chi connectivity index (χ2n) is 6.30. The summed E-state index contributed by atoms with van der Waals surface area (Å²) in [4.78, 5) is 28.7. The number of halogens is 6. The molecule has 0 radical (unpaired) electrons. The van der Waals surface area contributed by atoms with Crippen molar-refractivity contribution < 1.29 is 32.3 Å². The summed E-state index contributed by atoms with van der Waals surface area (Å²) in [7, 11) is 0. The van der Waals surface area contributed by atoms with E-state index in [-0.39, 0.29) is 10.6 Å². The summed E-state index contributed by atoms with van der Waals surface area (Å²) in [5.41, 5.74) is 2.71. The van der Waals surface area contributed by atoms with Gasteiger partial charge in [-0.05, 0) is 36.4 Å². The molecule has 3 amide bonds. The minimum absolute atomic E-state index is 0.178. The summed E-state index contributed by atoms with van der Waals surface area (Å²) < 4.78 is 54.3. The molecule has 0 aliphatic carbocycles. The second-order valence-corrected chi connectivity index (χ2v) is 7.08. The van der Waals surface area contributed by atoms with Crippen molar-refractivity contribution in [1.29, 1.82) is 0 Å². The Hall–Kier alpha value is -3.37. The number of anilines is 1. The molecular formula is C20H11Cl2F4N3O3. The number of hydrogen-bond acceptors (Lipinski definition) is 4. The number of phenolic OH excluding ortho intramolecular Hbond substituents is 1. The lowest BCUT2D eigenvalue weighted by atomic mass is 10.00. The highest BCUT2D eigenvalue weighted by atomic mass is 35.5. The van der Waals surface area contributed by atoms with Gasteiger partial charge >= 0.3 is 12.2 Å². The average molecular weight is 488 g/mol. The number of nitrogens with zero attached hydrogens (tertiary/aromatic N) is 2. The lowest BCUT2D eigenvalue weighted by Crippen LogP contribution is -2.42. The van der Waals surface area contributed by atoms with Crippen molar-refractivity contribution in [3.63, 3.8) is 0 Å². The summed E-state index contributed by atoms with van der Waals surface area (Å²) in [5, 5.41) is 8.87. The number of primary amides is 1. The third-order valence-electron chi connectivity index (χ3n) is 4.29. The van der Waals surface area contributed by atoms with Crippen LogP contribution in [0.4, 0.5) is 28.2 Å². The SMILES string of the molecule is NC(=O)N(C(=O)c1c(F)cccc1Cl)c1ccc(-c2c(C(F)(F)F)ccc(O)c2Cl)cn1. The fraction of sp³-hybridized carbons (Fsp3) is 0.0500. The standard InChI is InChI=1S/C20H11Cl2F4N3O3/c21-11-2-1-3-12(23)16(11)18(31)29(19(27)32)14-7-4-9(8-28-14)15-10(20(24,25)26)5-6-13(30)17(15)22/h1-8,30H,(H2,27,32). The molecule has 0 spiro atoms. The average Bonchev–Trinajstić information content (AvgIpc) is 2.69. The van der Waals surface area contributed by atoms with Gasteiger partial charge in [-0.3, -0.25) is 4.79 Å². The van der Waals surface area contributed by atoms with Gasteiger partial charge in [0, 0.05) is 17.3 Å². The fourth-order valence-electron chi connectivity index (χ4n) is 2.88. The molecule has 2 aromatic carbocycles. The first-order valence-electron chi connectivity index (χ1n) is 8.56. The maximum atomic E-state index is 14.1. The number of nitrogens with two attached hydrogens (primary N) is 1. The van der Waals surface area contributed by atoms with Crippen molar-refractivity contribution in [1.82, 2.24) is 4.98 Å². The van der Waals surface area contributed by atoms with Gasteiger partial charge in [-0.15, -0.1) is 0 Å². The largest absolute Gasteiger partial charge is 0.506 e. The lowest BCUT2D eigenvalue weighted by Gasteiger charge is -2.19. The quantitative estimate of drug-likeness (QED) is 0.466. The summed E-state index contributed by atoms with van der Waals surface area (Å²) in [6.07, 6.45) is -3.92. The molecule has 3 rings (SSSR count). The highest BCUT2D eigenvalue weighted by molar-refractivity contribution is 6.36. The van der Waals surface area contributed by atoms with E-state index in [0.717, 1.165) is 30.5 Å². The van der Waals surface area contributed by atoms with Crippen LogP contribution in [0, 0.1) is 5.82 Å². The lowest BCUT2D eigenvalue weighted by molar-refractivity contribution is -0.137. The van der Waals surface area contributed by atoms with Crippen molar-refractivity contribution in [3.05, 3.63) is 75.7 Å². The number of aromatic hydroxyl groups is 1. The minimum Gasteiger partial charge on any atom is -0.506 e. The molecule has 3 aromatic rings. The van der Waals surface area contributed by atoms with Crippen LogP contribution in [-0.4, -0.2) is 22.0 Å². The zero-order valence-corrected chi connectivity index (χ0v) is 17.1. The minimum atomic E-state index is -4.80. The number of amides is 3. The van der Waals surface area contributed by atoms with Gasteiger partial charge in [-0.2, -0.15) is 13.2 Å². The molecule has 0 aliphatic rings. The first-order chi connectivity index (χ1) is 14.9. The van der Waals surface area contributed by atoms with E-state index in [9.17, 15) is 32.3 Å². The number of aromatic nitrogens is 1. The number of imide groups is 1. The molecule has 166 valence electrons. The summed E-state index contributed by atoms with van der Waals surface area (Å²) in [6, 6.07) is 5.59.